The maximum absolute atomic E-state index is 12.6. The molecule has 0 spiro atoms. The Morgan fingerprint density at radius 2 is 2.04 bits per heavy atom. The number of anilines is 2. The molecule has 0 fully saturated rings. The minimum absolute atomic E-state index is 0.0269. The lowest BCUT2D eigenvalue weighted by Crippen LogP contribution is -2.35. The molecule has 27 heavy (non-hydrogen) atoms. The molecule has 1 N–H and O–H groups in total. The summed E-state index contributed by atoms with van der Waals surface area (Å²) in [5.74, 6) is 1.31. The molecular formula is C21H22N2O3S. The van der Waals surface area contributed by atoms with Crippen molar-refractivity contribution in [1.29, 1.82) is 0 Å². The van der Waals surface area contributed by atoms with E-state index in [1.54, 1.807) is 34.9 Å². The molecule has 0 saturated carbocycles. The van der Waals surface area contributed by atoms with Crippen LogP contribution < -0.4 is 15.0 Å². The van der Waals surface area contributed by atoms with Crippen LogP contribution in [0.2, 0.25) is 0 Å². The van der Waals surface area contributed by atoms with Crippen LogP contribution in [0.5, 0.6) is 5.75 Å². The number of carbonyl (C=O) groups is 2. The summed E-state index contributed by atoms with van der Waals surface area (Å²) in [5, 5.41) is 2.82. The fourth-order valence-corrected chi connectivity index (χ4v) is 3.82. The maximum atomic E-state index is 12.6. The van der Waals surface area contributed by atoms with Gasteiger partial charge in [-0.1, -0.05) is 30.9 Å². The van der Waals surface area contributed by atoms with E-state index in [1.807, 2.05) is 36.4 Å². The number of para-hydroxylation sites is 1. The van der Waals surface area contributed by atoms with Crippen LogP contribution in [0.4, 0.5) is 11.4 Å². The van der Waals surface area contributed by atoms with Crippen LogP contribution in [0, 0.1) is 0 Å². The molecule has 6 heteroatoms. The summed E-state index contributed by atoms with van der Waals surface area (Å²) in [6, 6.07) is 15.0. The molecular weight excluding hydrogens is 360 g/mol. The van der Waals surface area contributed by atoms with Gasteiger partial charge in [0.15, 0.2) is 0 Å². The average molecular weight is 382 g/mol. The highest BCUT2D eigenvalue weighted by atomic mass is 32.2. The number of hydrogen-bond acceptors (Lipinski definition) is 4. The van der Waals surface area contributed by atoms with Gasteiger partial charge >= 0.3 is 0 Å². The van der Waals surface area contributed by atoms with Gasteiger partial charge in [0, 0.05) is 41.8 Å². The van der Waals surface area contributed by atoms with Gasteiger partial charge < -0.3 is 15.0 Å². The Kier molecular flexibility index (Phi) is 6.54. The van der Waals surface area contributed by atoms with Crippen molar-refractivity contribution in [2.75, 3.05) is 29.1 Å². The molecule has 0 radical (unpaired) electrons. The van der Waals surface area contributed by atoms with Crippen molar-refractivity contribution in [1.82, 2.24) is 0 Å². The zero-order valence-corrected chi connectivity index (χ0v) is 15.8. The van der Waals surface area contributed by atoms with Crippen molar-refractivity contribution in [3.05, 3.63) is 61.2 Å². The largest absolute Gasteiger partial charge is 0.489 e. The van der Waals surface area contributed by atoms with E-state index in [-0.39, 0.29) is 24.7 Å². The van der Waals surface area contributed by atoms with Crippen LogP contribution in [0.3, 0.4) is 0 Å². The second-order valence-corrected chi connectivity index (χ2v) is 7.17. The molecule has 0 unspecified atom stereocenters. The van der Waals surface area contributed by atoms with Gasteiger partial charge in [0.25, 0.3) is 0 Å². The first-order valence-electron chi connectivity index (χ1n) is 8.83. The van der Waals surface area contributed by atoms with Crippen LogP contribution in [-0.2, 0) is 9.59 Å². The standard InChI is InChI=1S/C21H22N2O3S/c1-2-13-26-17-7-5-6-16(15-17)22-20(24)10-11-21(25)23-12-14-27-19-9-4-3-8-18(19)23/h2-9,15H,1,10-14H2,(H,22,24). The molecule has 0 aromatic heterocycles. The Bertz CT molecular complexity index is 838. The predicted molar refractivity (Wildman–Crippen MR) is 110 cm³/mol. The molecule has 3 rings (SSSR count). The minimum atomic E-state index is -0.191. The number of amides is 2. The van der Waals surface area contributed by atoms with Crippen LogP contribution in [-0.4, -0.2) is 30.7 Å². The lowest BCUT2D eigenvalue weighted by atomic mass is 10.2. The number of ether oxygens (including phenoxy) is 1. The Balaban J connectivity index is 1.54. The Labute approximate surface area is 163 Å². The SMILES string of the molecule is C=CCOc1cccc(NC(=O)CCC(=O)N2CCSc3ccccc32)c1. The first kappa shape index (κ1) is 19.0. The van der Waals surface area contributed by atoms with E-state index in [0.717, 1.165) is 16.3 Å². The lowest BCUT2D eigenvalue weighted by molar-refractivity contribution is -0.122. The highest BCUT2D eigenvalue weighted by Crippen LogP contribution is 2.34. The summed E-state index contributed by atoms with van der Waals surface area (Å²) < 4.78 is 5.46. The number of nitrogens with one attached hydrogen (secondary N) is 1. The second-order valence-electron chi connectivity index (χ2n) is 6.04. The van der Waals surface area contributed by atoms with E-state index < -0.39 is 0 Å². The van der Waals surface area contributed by atoms with Crippen molar-refractivity contribution >= 4 is 35.0 Å². The molecule has 1 aliphatic heterocycles. The quantitative estimate of drug-likeness (QED) is 0.732. The average Bonchev–Trinajstić information content (AvgIpc) is 2.70. The van der Waals surface area contributed by atoms with Crippen LogP contribution >= 0.6 is 11.8 Å². The molecule has 1 aliphatic rings. The molecule has 0 saturated heterocycles. The molecule has 2 amide bonds. The van der Waals surface area contributed by atoms with Crippen molar-refractivity contribution < 1.29 is 14.3 Å². The van der Waals surface area contributed by atoms with Gasteiger partial charge in [0.2, 0.25) is 11.8 Å². The predicted octanol–water partition coefficient (Wildman–Crippen LogP) is 4.11. The Morgan fingerprint density at radius 3 is 2.89 bits per heavy atom. The van der Waals surface area contributed by atoms with E-state index in [2.05, 4.69) is 11.9 Å². The molecule has 0 atom stereocenters. The maximum Gasteiger partial charge on any atom is 0.227 e. The fourth-order valence-electron chi connectivity index (χ4n) is 2.83. The van der Waals surface area contributed by atoms with Crippen molar-refractivity contribution in [2.45, 2.75) is 17.7 Å². The number of rotatable bonds is 7. The Hall–Kier alpha value is -2.73. The fraction of sp³-hybridized carbons (Fsp3) is 0.238. The number of carbonyl (C=O) groups excluding carboxylic acids is 2. The van der Waals surface area contributed by atoms with E-state index >= 15 is 0 Å². The molecule has 5 nitrogen and oxygen atoms in total. The van der Waals surface area contributed by atoms with Gasteiger partial charge in [-0.25, -0.2) is 0 Å². The number of fused-ring (bicyclic) bond motifs is 1. The van der Waals surface area contributed by atoms with Gasteiger partial charge in [-0.15, -0.1) is 11.8 Å². The van der Waals surface area contributed by atoms with Crippen molar-refractivity contribution in [3.63, 3.8) is 0 Å². The van der Waals surface area contributed by atoms with Crippen LogP contribution in [0.1, 0.15) is 12.8 Å². The molecule has 0 aliphatic carbocycles. The third-order valence-corrected chi connectivity index (χ3v) is 5.12. The van der Waals surface area contributed by atoms with E-state index in [9.17, 15) is 9.59 Å². The number of nitrogens with zero attached hydrogens (tertiary/aromatic N) is 1. The van der Waals surface area contributed by atoms with Gasteiger partial charge in [-0.2, -0.15) is 0 Å². The zero-order chi connectivity index (χ0) is 19.1. The van der Waals surface area contributed by atoms with Crippen molar-refractivity contribution in [3.8, 4) is 5.75 Å². The number of thioether (sulfide) groups is 1. The Morgan fingerprint density at radius 1 is 1.19 bits per heavy atom. The highest BCUT2D eigenvalue weighted by molar-refractivity contribution is 7.99. The summed E-state index contributed by atoms with van der Waals surface area (Å²) in [6.07, 6.45) is 1.98. The van der Waals surface area contributed by atoms with Crippen molar-refractivity contribution in [2.24, 2.45) is 0 Å². The van der Waals surface area contributed by atoms with Crippen LogP contribution in [0.25, 0.3) is 0 Å². The van der Waals surface area contributed by atoms with Gasteiger partial charge in [0.05, 0.1) is 5.69 Å². The van der Waals surface area contributed by atoms with Crippen LogP contribution in [0.15, 0.2) is 66.1 Å². The molecule has 0 bridgehead atoms. The lowest BCUT2D eigenvalue weighted by Gasteiger charge is -2.29. The number of hydrogen-bond donors (Lipinski definition) is 1. The van der Waals surface area contributed by atoms with Gasteiger partial charge in [-0.3, -0.25) is 9.59 Å². The normalized spacial score (nSPS) is 12.8. The smallest absolute Gasteiger partial charge is 0.227 e. The topological polar surface area (TPSA) is 58.6 Å². The summed E-state index contributed by atoms with van der Waals surface area (Å²) in [4.78, 5) is 27.7. The summed E-state index contributed by atoms with van der Waals surface area (Å²) >= 11 is 1.75. The summed E-state index contributed by atoms with van der Waals surface area (Å²) in [5.41, 5.74) is 1.58. The number of benzene rings is 2. The molecule has 1 heterocycles. The molecule has 2 aromatic rings. The zero-order valence-electron chi connectivity index (χ0n) is 15.0. The highest BCUT2D eigenvalue weighted by Gasteiger charge is 2.22. The van der Waals surface area contributed by atoms with E-state index in [1.165, 1.54) is 0 Å². The summed E-state index contributed by atoms with van der Waals surface area (Å²) in [6.45, 7) is 4.68. The van der Waals surface area contributed by atoms with E-state index in [0.29, 0.717) is 24.6 Å². The van der Waals surface area contributed by atoms with E-state index in [4.69, 9.17) is 4.74 Å². The first-order chi connectivity index (χ1) is 13.2. The summed E-state index contributed by atoms with van der Waals surface area (Å²) in [7, 11) is 0. The molecule has 2 aromatic carbocycles. The van der Waals surface area contributed by atoms with Gasteiger partial charge in [-0.05, 0) is 24.3 Å². The minimum Gasteiger partial charge on any atom is -0.489 e. The third-order valence-electron chi connectivity index (χ3n) is 4.08. The second kappa shape index (κ2) is 9.28. The molecule has 140 valence electrons. The third kappa shape index (κ3) is 5.14. The van der Waals surface area contributed by atoms with Gasteiger partial charge in [0.1, 0.15) is 12.4 Å². The first-order valence-corrected chi connectivity index (χ1v) is 9.82. The monoisotopic (exact) mass is 382 g/mol.